The van der Waals surface area contributed by atoms with Crippen molar-refractivity contribution in [2.45, 2.75) is 25.4 Å². The number of hydrogen-bond acceptors (Lipinski definition) is 4. The highest BCUT2D eigenvalue weighted by Crippen LogP contribution is 2.24. The molecule has 1 fully saturated rings. The fraction of sp³-hybridized carbons (Fsp3) is 0.333. The van der Waals surface area contributed by atoms with E-state index < -0.39 is 0 Å². The number of piperidine rings is 1. The van der Waals surface area contributed by atoms with Crippen molar-refractivity contribution in [3.05, 3.63) is 69.2 Å². The topological polar surface area (TPSA) is 58.4 Å². The van der Waals surface area contributed by atoms with E-state index in [9.17, 15) is 10.1 Å². The van der Waals surface area contributed by atoms with E-state index in [2.05, 4.69) is 10.2 Å². The molecular formula is C18H20ClN3O2. The number of likely N-dealkylation sites (tertiary alicyclic amines) is 1. The highest BCUT2D eigenvalue weighted by atomic mass is 35.5. The molecule has 1 heterocycles. The summed E-state index contributed by atoms with van der Waals surface area (Å²) in [5, 5.41) is 15.1. The summed E-state index contributed by atoms with van der Waals surface area (Å²) in [5.74, 6) is 0. The van der Waals surface area contributed by atoms with E-state index in [0.29, 0.717) is 6.04 Å². The summed E-state index contributed by atoms with van der Waals surface area (Å²) < 4.78 is 0. The van der Waals surface area contributed by atoms with Gasteiger partial charge in [0.15, 0.2) is 0 Å². The average molecular weight is 346 g/mol. The van der Waals surface area contributed by atoms with Gasteiger partial charge in [0.05, 0.1) is 15.6 Å². The molecule has 0 unspecified atom stereocenters. The van der Waals surface area contributed by atoms with Gasteiger partial charge in [-0.25, -0.2) is 0 Å². The molecule has 126 valence electrons. The Hall–Kier alpha value is -2.11. The summed E-state index contributed by atoms with van der Waals surface area (Å²) in [5.41, 5.74) is 2.13. The number of nitrogens with zero attached hydrogens (tertiary/aromatic N) is 2. The highest BCUT2D eigenvalue weighted by Gasteiger charge is 2.20. The molecule has 24 heavy (non-hydrogen) atoms. The van der Waals surface area contributed by atoms with Gasteiger partial charge in [-0.1, -0.05) is 35.9 Å². The predicted molar refractivity (Wildman–Crippen MR) is 96.5 cm³/mol. The van der Waals surface area contributed by atoms with Crippen LogP contribution < -0.4 is 5.32 Å². The molecule has 5 nitrogen and oxygen atoms in total. The van der Waals surface area contributed by atoms with Gasteiger partial charge in [0.1, 0.15) is 0 Å². The Morgan fingerprint density at radius 3 is 2.62 bits per heavy atom. The van der Waals surface area contributed by atoms with E-state index in [-0.39, 0.29) is 10.6 Å². The summed E-state index contributed by atoms with van der Waals surface area (Å²) in [6, 6.07) is 15.1. The van der Waals surface area contributed by atoms with Gasteiger partial charge in [0.2, 0.25) is 0 Å². The van der Waals surface area contributed by atoms with Crippen LogP contribution in [0.1, 0.15) is 18.4 Å². The first-order valence-electron chi connectivity index (χ1n) is 8.08. The van der Waals surface area contributed by atoms with Crippen molar-refractivity contribution >= 4 is 23.0 Å². The molecule has 0 amide bonds. The molecule has 0 radical (unpaired) electrons. The molecule has 1 N–H and O–H groups in total. The quantitative estimate of drug-likeness (QED) is 0.647. The van der Waals surface area contributed by atoms with Crippen LogP contribution in [-0.2, 0) is 6.54 Å². The SMILES string of the molecule is O=[N+]([O-])c1cccc(CN2CCC(Nc3ccccc3Cl)CC2)c1. The number of para-hydroxylation sites is 1. The van der Waals surface area contributed by atoms with Gasteiger partial charge in [-0.3, -0.25) is 15.0 Å². The van der Waals surface area contributed by atoms with Crippen LogP contribution in [-0.4, -0.2) is 29.0 Å². The normalized spacial score (nSPS) is 16.0. The first-order chi connectivity index (χ1) is 11.6. The van der Waals surface area contributed by atoms with Crippen LogP contribution in [0.4, 0.5) is 11.4 Å². The standard InChI is InChI=1S/C18H20ClN3O2/c19-17-6-1-2-7-18(17)20-15-8-10-21(11-9-15)13-14-4-3-5-16(12-14)22(23)24/h1-7,12,15,20H,8-11,13H2. The summed E-state index contributed by atoms with van der Waals surface area (Å²) >= 11 is 6.19. The predicted octanol–water partition coefficient (Wildman–Crippen LogP) is 4.32. The van der Waals surface area contributed by atoms with Crippen LogP contribution in [0.2, 0.25) is 5.02 Å². The van der Waals surface area contributed by atoms with Gasteiger partial charge in [-0.05, 0) is 30.5 Å². The van der Waals surface area contributed by atoms with Crippen molar-refractivity contribution in [2.75, 3.05) is 18.4 Å². The van der Waals surface area contributed by atoms with Crippen molar-refractivity contribution in [2.24, 2.45) is 0 Å². The number of anilines is 1. The summed E-state index contributed by atoms with van der Waals surface area (Å²) in [4.78, 5) is 12.9. The Labute approximate surface area is 146 Å². The number of nitro groups is 1. The molecule has 0 bridgehead atoms. The third-order valence-corrected chi connectivity index (χ3v) is 4.68. The van der Waals surface area contributed by atoms with Crippen molar-refractivity contribution in [1.29, 1.82) is 0 Å². The fourth-order valence-corrected chi connectivity index (χ4v) is 3.25. The number of rotatable bonds is 5. The van der Waals surface area contributed by atoms with Gasteiger partial charge in [-0.15, -0.1) is 0 Å². The number of nitrogens with one attached hydrogen (secondary N) is 1. The maximum atomic E-state index is 10.9. The first-order valence-corrected chi connectivity index (χ1v) is 8.46. The first kappa shape index (κ1) is 16.7. The number of hydrogen-bond donors (Lipinski definition) is 1. The number of nitro benzene ring substituents is 1. The fourth-order valence-electron chi connectivity index (χ4n) is 3.06. The van der Waals surface area contributed by atoms with E-state index in [1.165, 1.54) is 6.07 Å². The van der Waals surface area contributed by atoms with E-state index in [0.717, 1.165) is 48.7 Å². The van der Waals surface area contributed by atoms with E-state index in [4.69, 9.17) is 11.6 Å². The van der Waals surface area contributed by atoms with Gasteiger partial charge in [0, 0.05) is 37.8 Å². The molecule has 3 rings (SSSR count). The van der Waals surface area contributed by atoms with Gasteiger partial charge in [0.25, 0.3) is 5.69 Å². The van der Waals surface area contributed by atoms with Gasteiger partial charge < -0.3 is 5.32 Å². The number of benzene rings is 2. The Kier molecular flexibility index (Phi) is 5.33. The summed E-state index contributed by atoms with van der Waals surface area (Å²) in [6.45, 7) is 2.68. The molecule has 0 spiro atoms. The number of non-ortho nitro benzene ring substituents is 1. The minimum absolute atomic E-state index is 0.155. The zero-order valence-corrected chi connectivity index (χ0v) is 14.1. The molecule has 1 aliphatic rings. The molecule has 2 aromatic rings. The molecular weight excluding hydrogens is 326 g/mol. The van der Waals surface area contributed by atoms with E-state index in [1.54, 1.807) is 12.1 Å². The highest BCUT2D eigenvalue weighted by molar-refractivity contribution is 6.33. The summed E-state index contributed by atoms with van der Waals surface area (Å²) in [7, 11) is 0. The molecule has 1 saturated heterocycles. The van der Waals surface area contributed by atoms with Crippen LogP contribution in [0.25, 0.3) is 0 Å². The van der Waals surface area contributed by atoms with Crippen LogP contribution in [0.15, 0.2) is 48.5 Å². The maximum absolute atomic E-state index is 10.9. The van der Waals surface area contributed by atoms with Crippen LogP contribution in [0, 0.1) is 10.1 Å². The second-order valence-corrected chi connectivity index (χ2v) is 6.51. The monoisotopic (exact) mass is 345 g/mol. The summed E-state index contributed by atoms with van der Waals surface area (Å²) in [6.07, 6.45) is 2.06. The third kappa shape index (κ3) is 4.24. The van der Waals surface area contributed by atoms with Crippen molar-refractivity contribution < 1.29 is 4.92 Å². The average Bonchev–Trinajstić information content (AvgIpc) is 2.59. The van der Waals surface area contributed by atoms with Crippen LogP contribution >= 0.6 is 11.6 Å². The largest absolute Gasteiger partial charge is 0.381 e. The lowest BCUT2D eigenvalue weighted by atomic mass is 10.0. The minimum atomic E-state index is -0.344. The molecule has 0 aromatic heterocycles. The molecule has 1 aliphatic heterocycles. The maximum Gasteiger partial charge on any atom is 0.269 e. The van der Waals surface area contributed by atoms with Crippen LogP contribution in [0.3, 0.4) is 0 Å². The Morgan fingerprint density at radius 2 is 1.92 bits per heavy atom. The second kappa shape index (κ2) is 7.64. The van der Waals surface area contributed by atoms with Crippen molar-refractivity contribution in [3.63, 3.8) is 0 Å². The zero-order valence-electron chi connectivity index (χ0n) is 13.3. The Morgan fingerprint density at radius 1 is 1.17 bits per heavy atom. The molecule has 2 aromatic carbocycles. The Balaban J connectivity index is 1.53. The smallest absolute Gasteiger partial charge is 0.269 e. The molecule has 6 heteroatoms. The molecule has 0 saturated carbocycles. The van der Waals surface area contributed by atoms with Crippen molar-refractivity contribution in [3.8, 4) is 0 Å². The second-order valence-electron chi connectivity index (χ2n) is 6.10. The number of halogens is 1. The van der Waals surface area contributed by atoms with Crippen molar-refractivity contribution in [1.82, 2.24) is 4.90 Å². The molecule has 0 aliphatic carbocycles. The lowest BCUT2D eigenvalue weighted by molar-refractivity contribution is -0.384. The van der Waals surface area contributed by atoms with Crippen LogP contribution in [0.5, 0.6) is 0 Å². The third-order valence-electron chi connectivity index (χ3n) is 4.35. The Bertz CT molecular complexity index is 715. The van der Waals surface area contributed by atoms with E-state index in [1.807, 2.05) is 30.3 Å². The van der Waals surface area contributed by atoms with E-state index >= 15 is 0 Å². The van der Waals surface area contributed by atoms with Gasteiger partial charge >= 0.3 is 0 Å². The minimum Gasteiger partial charge on any atom is -0.381 e. The lowest BCUT2D eigenvalue weighted by Crippen LogP contribution is -2.38. The zero-order chi connectivity index (χ0) is 16.9. The van der Waals surface area contributed by atoms with Gasteiger partial charge in [-0.2, -0.15) is 0 Å². The lowest BCUT2D eigenvalue weighted by Gasteiger charge is -2.33. The molecule has 0 atom stereocenters.